The van der Waals surface area contributed by atoms with Gasteiger partial charge in [-0.15, -0.1) is 0 Å². The van der Waals surface area contributed by atoms with Crippen molar-refractivity contribution in [1.82, 2.24) is 0 Å². The van der Waals surface area contributed by atoms with Crippen molar-refractivity contribution in [1.29, 1.82) is 0 Å². The monoisotopic (exact) mass is 742 g/mol. The van der Waals surface area contributed by atoms with Crippen molar-refractivity contribution >= 4 is 0 Å². The number of benzene rings is 9. The third kappa shape index (κ3) is 7.22. The second kappa shape index (κ2) is 15.8. The molecule has 0 atom stereocenters. The number of hydrogen-bond donors (Lipinski definition) is 0. The maximum absolute atomic E-state index is 2.46. The fourth-order valence-electron chi connectivity index (χ4n) is 8.57. The molecular formula is C58H46. The summed E-state index contributed by atoms with van der Waals surface area (Å²) in [6, 6.07) is 76.0. The van der Waals surface area contributed by atoms with Gasteiger partial charge in [0.1, 0.15) is 0 Å². The van der Waals surface area contributed by atoms with Gasteiger partial charge >= 0.3 is 0 Å². The highest BCUT2D eigenvalue weighted by atomic mass is 14.2. The summed E-state index contributed by atoms with van der Waals surface area (Å²) in [5.41, 5.74) is 24.5. The lowest BCUT2D eigenvalue weighted by Gasteiger charge is -2.21. The molecule has 58 heavy (non-hydrogen) atoms. The second-order valence-electron chi connectivity index (χ2n) is 15.5. The van der Waals surface area contributed by atoms with Gasteiger partial charge in [0, 0.05) is 0 Å². The lowest BCUT2D eigenvalue weighted by molar-refractivity contribution is 1.43. The largest absolute Gasteiger partial charge is 0.0622 e. The first-order valence-corrected chi connectivity index (χ1v) is 20.2. The molecule has 0 aromatic heterocycles. The maximum atomic E-state index is 2.46. The van der Waals surface area contributed by atoms with E-state index in [0.717, 1.165) is 0 Å². The molecule has 0 heterocycles. The molecule has 0 N–H and O–H groups in total. The van der Waals surface area contributed by atoms with Crippen LogP contribution in [0.5, 0.6) is 0 Å². The molecule has 9 rings (SSSR count). The van der Waals surface area contributed by atoms with Crippen molar-refractivity contribution in [2.75, 3.05) is 0 Å². The van der Waals surface area contributed by atoms with Crippen LogP contribution >= 0.6 is 0 Å². The minimum atomic E-state index is 1.19. The van der Waals surface area contributed by atoms with E-state index < -0.39 is 0 Å². The summed E-state index contributed by atoms with van der Waals surface area (Å²) in [5.74, 6) is 0. The summed E-state index contributed by atoms with van der Waals surface area (Å²) in [6.45, 7) is 8.85. The van der Waals surface area contributed by atoms with Crippen molar-refractivity contribution in [2.24, 2.45) is 0 Å². The van der Waals surface area contributed by atoms with Gasteiger partial charge in [0.25, 0.3) is 0 Å². The van der Waals surface area contributed by atoms with E-state index in [1.807, 2.05) is 0 Å². The van der Waals surface area contributed by atoms with E-state index in [1.165, 1.54) is 111 Å². The number of aryl methyl sites for hydroxylation is 4. The molecule has 0 radical (unpaired) electrons. The Morgan fingerprint density at radius 3 is 0.638 bits per heavy atom. The van der Waals surface area contributed by atoms with Crippen LogP contribution in [0.25, 0.3) is 89.0 Å². The summed E-state index contributed by atoms with van der Waals surface area (Å²) in [5, 5.41) is 0. The Kier molecular flexibility index (Phi) is 10.0. The van der Waals surface area contributed by atoms with Crippen molar-refractivity contribution < 1.29 is 0 Å². The van der Waals surface area contributed by atoms with Gasteiger partial charge < -0.3 is 0 Å². The summed E-state index contributed by atoms with van der Waals surface area (Å²) >= 11 is 0. The van der Waals surface area contributed by atoms with E-state index in [9.17, 15) is 0 Å². The first-order valence-electron chi connectivity index (χ1n) is 20.2. The number of rotatable bonds is 8. The van der Waals surface area contributed by atoms with Gasteiger partial charge in [-0.1, -0.05) is 158 Å². The summed E-state index contributed by atoms with van der Waals surface area (Å²) < 4.78 is 0. The Morgan fingerprint density at radius 1 is 0.172 bits per heavy atom. The zero-order valence-electron chi connectivity index (χ0n) is 33.6. The van der Waals surface area contributed by atoms with E-state index in [4.69, 9.17) is 0 Å². The highest BCUT2D eigenvalue weighted by Gasteiger charge is 2.20. The average Bonchev–Trinajstić information content (AvgIpc) is 3.27. The van der Waals surface area contributed by atoms with Crippen LogP contribution < -0.4 is 0 Å². The Bertz CT molecular complexity index is 2580. The highest BCUT2D eigenvalue weighted by Crippen LogP contribution is 2.46. The molecular weight excluding hydrogens is 697 g/mol. The van der Waals surface area contributed by atoms with E-state index in [0.29, 0.717) is 0 Å². The molecule has 0 heteroatoms. The SMILES string of the molecule is Cc1ccccc1-c1cc(-c2ccccc2C)cc(-c2cc(-c3ccccc3)c(-c3cc(-c4ccccc4C)cc(-c4ccccc4C)c3)cc2-c2ccccc2)c1. The maximum Gasteiger partial charge on any atom is -0.00984 e. The normalized spacial score (nSPS) is 11.1. The molecule has 9 aromatic carbocycles. The molecule has 0 spiro atoms. The van der Waals surface area contributed by atoms with Crippen molar-refractivity contribution in [3.63, 3.8) is 0 Å². The predicted octanol–water partition coefficient (Wildman–Crippen LogP) is 16.3. The van der Waals surface area contributed by atoms with Crippen LogP contribution in [-0.4, -0.2) is 0 Å². The first kappa shape index (κ1) is 36.6. The quantitative estimate of drug-likeness (QED) is 0.145. The lowest BCUT2D eigenvalue weighted by Crippen LogP contribution is -1.95. The molecule has 0 aliphatic heterocycles. The molecule has 0 fully saturated rings. The third-order valence-electron chi connectivity index (χ3n) is 11.6. The fourth-order valence-corrected chi connectivity index (χ4v) is 8.57. The van der Waals surface area contributed by atoms with Crippen LogP contribution in [0.1, 0.15) is 22.3 Å². The molecule has 0 aliphatic rings. The van der Waals surface area contributed by atoms with Gasteiger partial charge in [0.15, 0.2) is 0 Å². The fraction of sp³-hybridized carbons (Fsp3) is 0.0690. The Labute approximate surface area is 343 Å². The van der Waals surface area contributed by atoms with Crippen molar-refractivity contribution in [3.05, 3.63) is 229 Å². The molecule has 0 nitrogen and oxygen atoms in total. The Morgan fingerprint density at radius 2 is 0.379 bits per heavy atom. The summed E-state index contributed by atoms with van der Waals surface area (Å²) in [4.78, 5) is 0. The minimum absolute atomic E-state index is 1.19. The average molecular weight is 743 g/mol. The van der Waals surface area contributed by atoms with Gasteiger partial charge in [0.2, 0.25) is 0 Å². The molecule has 0 aliphatic carbocycles. The minimum Gasteiger partial charge on any atom is -0.0622 e. The molecule has 0 saturated heterocycles. The summed E-state index contributed by atoms with van der Waals surface area (Å²) in [6.07, 6.45) is 0. The molecule has 9 aromatic rings. The zero-order chi connectivity index (χ0) is 39.6. The van der Waals surface area contributed by atoms with Gasteiger partial charge in [-0.2, -0.15) is 0 Å². The van der Waals surface area contributed by atoms with E-state index in [2.05, 4.69) is 234 Å². The van der Waals surface area contributed by atoms with Crippen LogP contribution in [0, 0.1) is 27.7 Å². The van der Waals surface area contributed by atoms with Crippen LogP contribution in [0.2, 0.25) is 0 Å². The van der Waals surface area contributed by atoms with Crippen LogP contribution in [0.4, 0.5) is 0 Å². The standard InChI is InChI=1S/C58H46/c1-39-19-11-15-27-51(39)45-31-46(52-28-16-12-20-40(52)2)34-49(33-45)57-37-56(44-25-9-6-10-26-44)58(38-55(57)43-23-7-5-8-24-43)50-35-47(53-29-17-13-21-41(53)3)32-48(36-50)54-30-18-14-22-42(54)4/h5-38H,1-4H3. The lowest BCUT2D eigenvalue weighted by atomic mass is 9.82. The second-order valence-corrected chi connectivity index (χ2v) is 15.5. The smallest absolute Gasteiger partial charge is 0.00984 e. The Balaban J connectivity index is 1.37. The third-order valence-corrected chi connectivity index (χ3v) is 11.6. The topological polar surface area (TPSA) is 0 Å². The van der Waals surface area contributed by atoms with Gasteiger partial charge in [-0.3, -0.25) is 0 Å². The van der Waals surface area contributed by atoms with Crippen LogP contribution in [-0.2, 0) is 0 Å². The van der Waals surface area contributed by atoms with Crippen LogP contribution in [0.3, 0.4) is 0 Å². The molecule has 278 valence electrons. The van der Waals surface area contributed by atoms with E-state index in [1.54, 1.807) is 0 Å². The Hall–Kier alpha value is -7.02. The van der Waals surface area contributed by atoms with Crippen LogP contribution in [0.15, 0.2) is 206 Å². The van der Waals surface area contributed by atoms with Crippen molar-refractivity contribution in [3.8, 4) is 89.0 Å². The van der Waals surface area contributed by atoms with Gasteiger partial charge in [-0.05, 0) is 187 Å². The van der Waals surface area contributed by atoms with Gasteiger partial charge in [-0.25, -0.2) is 0 Å². The van der Waals surface area contributed by atoms with Crippen molar-refractivity contribution in [2.45, 2.75) is 27.7 Å². The number of hydrogen-bond acceptors (Lipinski definition) is 0. The highest BCUT2D eigenvalue weighted by molar-refractivity contribution is 5.98. The predicted molar refractivity (Wildman–Crippen MR) is 249 cm³/mol. The molecule has 0 saturated carbocycles. The first-order chi connectivity index (χ1) is 28.4. The molecule has 0 bridgehead atoms. The summed E-state index contributed by atoms with van der Waals surface area (Å²) in [7, 11) is 0. The van der Waals surface area contributed by atoms with Gasteiger partial charge in [0.05, 0.1) is 0 Å². The molecule has 0 unspecified atom stereocenters. The zero-order valence-corrected chi connectivity index (χ0v) is 33.6. The van der Waals surface area contributed by atoms with E-state index in [-0.39, 0.29) is 0 Å². The molecule has 0 amide bonds. The van der Waals surface area contributed by atoms with E-state index >= 15 is 0 Å².